The lowest BCUT2D eigenvalue weighted by atomic mass is 9.75. The molecule has 2 N–H and O–H groups in total. The van der Waals surface area contributed by atoms with Gasteiger partial charge >= 0.3 is 0 Å². The molecule has 0 saturated heterocycles. The first-order valence-electron chi connectivity index (χ1n) is 9.44. The van der Waals surface area contributed by atoms with Crippen LogP contribution in [0.15, 0.2) is 24.3 Å². The topological polar surface area (TPSA) is 26.0 Å². The zero-order valence-corrected chi connectivity index (χ0v) is 15.2. The summed E-state index contributed by atoms with van der Waals surface area (Å²) in [4.78, 5) is 0. The van der Waals surface area contributed by atoms with Gasteiger partial charge in [0.15, 0.2) is 0 Å². The maximum absolute atomic E-state index is 6.18. The first kappa shape index (κ1) is 19.1. The van der Waals surface area contributed by atoms with E-state index in [0.29, 0.717) is 5.41 Å². The molecule has 0 bridgehead atoms. The quantitative estimate of drug-likeness (QED) is 0.335. The Morgan fingerprint density at radius 3 is 1.86 bits per heavy atom. The lowest BCUT2D eigenvalue weighted by Crippen LogP contribution is -2.20. The van der Waals surface area contributed by atoms with E-state index >= 15 is 0 Å². The third-order valence-electron chi connectivity index (χ3n) is 4.94. The van der Waals surface area contributed by atoms with Crippen LogP contribution in [0.3, 0.4) is 0 Å². The fraction of sp³-hybridized carbons (Fsp3) is 0.714. The Hall–Kier alpha value is -0.980. The molecule has 1 aromatic rings. The Morgan fingerprint density at radius 1 is 0.818 bits per heavy atom. The number of para-hydroxylation sites is 1. The summed E-state index contributed by atoms with van der Waals surface area (Å²) in [5.74, 6) is 0. The Bertz CT molecular complexity index is 385. The van der Waals surface area contributed by atoms with Crippen LogP contribution in [0.4, 0.5) is 5.69 Å². The van der Waals surface area contributed by atoms with E-state index in [1.165, 1.54) is 69.8 Å². The number of nitrogen functional groups attached to an aromatic ring is 1. The van der Waals surface area contributed by atoms with Crippen molar-refractivity contribution in [2.45, 2.75) is 91.4 Å². The van der Waals surface area contributed by atoms with Crippen LogP contribution in [0.2, 0.25) is 0 Å². The number of hydrogen-bond acceptors (Lipinski definition) is 1. The van der Waals surface area contributed by atoms with Gasteiger partial charge in [0, 0.05) is 5.69 Å². The predicted molar refractivity (Wildman–Crippen MR) is 100 cm³/mol. The monoisotopic (exact) mass is 303 g/mol. The van der Waals surface area contributed by atoms with Crippen LogP contribution in [0.5, 0.6) is 0 Å². The molecule has 0 atom stereocenters. The van der Waals surface area contributed by atoms with Crippen molar-refractivity contribution in [1.29, 1.82) is 0 Å². The van der Waals surface area contributed by atoms with Crippen LogP contribution >= 0.6 is 0 Å². The normalized spacial score (nSPS) is 11.8. The van der Waals surface area contributed by atoms with Crippen molar-refractivity contribution in [2.24, 2.45) is 5.41 Å². The Labute approximate surface area is 138 Å². The molecule has 0 aromatic heterocycles. The van der Waals surface area contributed by atoms with Crippen molar-refractivity contribution in [3.8, 4) is 0 Å². The minimum absolute atomic E-state index is 0.414. The molecule has 126 valence electrons. The average molecular weight is 304 g/mol. The van der Waals surface area contributed by atoms with Gasteiger partial charge in [-0.25, -0.2) is 0 Å². The summed E-state index contributed by atoms with van der Waals surface area (Å²) in [7, 11) is 0. The second kappa shape index (κ2) is 10.7. The molecule has 1 nitrogen and oxygen atoms in total. The van der Waals surface area contributed by atoms with Crippen LogP contribution in [0.25, 0.3) is 0 Å². The van der Waals surface area contributed by atoms with Gasteiger partial charge in [-0.2, -0.15) is 0 Å². The molecule has 0 radical (unpaired) electrons. The van der Waals surface area contributed by atoms with E-state index in [1.807, 2.05) is 12.1 Å². The van der Waals surface area contributed by atoms with Crippen molar-refractivity contribution >= 4 is 5.69 Å². The van der Waals surface area contributed by atoms with Gasteiger partial charge in [0.05, 0.1) is 0 Å². The van der Waals surface area contributed by atoms with E-state index in [2.05, 4.69) is 32.9 Å². The standard InChI is InChI=1S/C21H37N/c1-4-6-8-12-16-21(3,17-13-9-7-5-2)18-19-14-10-11-15-20(19)22/h10-11,14-15H,4-9,12-13,16-18,22H2,1-3H3. The smallest absolute Gasteiger partial charge is 0.0346 e. The minimum Gasteiger partial charge on any atom is -0.399 e. The van der Waals surface area contributed by atoms with Gasteiger partial charge in [0.2, 0.25) is 0 Å². The molecule has 0 spiro atoms. The summed E-state index contributed by atoms with van der Waals surface area (Å²) in [5, 5.41) is 0. The molecule has 1 aromatic carbocycles. The van der Waals surface area contributed by atoms with Gasteiger partial charge in [-0.3, -0.25) is 0 Å². The molecule has 0 amide bonds. The van der Waals surface area contributed by atoms with E-state index in [1.54, 1.807) is 0 Å². The first-order chi connectivity index (χ1) is 10.6. The van der Waals surface area contributed by atoms with Crippen LogP contribution < -0.4 is 5.73 Å². The first-order valence-corrected chi connectivity index (χ1v) is 9.44. The van der Waals surface area contributed by atoms with Gasteiger partial charge in [0.25, 0.3) is 0 Å². The van der Waals surface area contributed by atoms with Crippen molar-refractivity contribution in [2.75, 3.05) is 5.73 Å². The number of nitrogens with two attached hydrogens (primary N) is 1. The van der Waals surface area contributed by atoms with Gasteiger partial charge < -0.3 is 5.73 Å². The number of anilines is 1. The summed E-state index contributed by atoms with van der Waals surface area (Å²) in [5.41, 5.74) is 8.91. The molecule has 1 rings (SSSR count). The Morgan fingerprint density at radius 2 is 1.36 bits per heavy atom. The number of rotatable bonds is 12. The molecule has 0 saturated carbocycles. The van der Waals surface area contributed by atoms with E-state index in [0.717, 1.165) is 12.1 Å². The van der Waals surface area contributed by atoms with E-state index in [4.69, 9.17) is 5.73 Å². The molecular formula is C21H37N. The largest absolute Gasteiger partial charge is 0.399 e. The number of hydrogen-bond donors (Lipinski definition) is 1. The second-order valence-corrected chi connectivity index (χ2v) is 7.31. The molecule has 0 aliphatic heterocycles. The summed E-state index contributed by atoms with van der Waals surface area (Å²) < 4.78 is 0. The molecule has 1 heteroatoms. The highest BCUT2D eigenvalue weighted by atomic mass is 14.6. The van der Waals surface area contributed by atoms with Gasteiger partial charge in [0.1, 0.15) is 0 Å². The van der Waals surface area contributed by atoms with Crippen molar-refractivity contribution in [3.63, 3.8) is 0 Å². The molecule has 0 fully saturated rings. The molecule has 22 heavy (non-hydrogen) atoms. The summed E-state index contributed by atoms with van der Waals surface area (Å²) in [6.45, 7) is 7.06. The van der Waals surface area contributed by atoms with Crippen LogP contribution in [-0.4, -0.2) is 0 Å². The zero-order chi connectivity index (χ0) is 16.3. The van der Waals surface area contributed by atoms with Gasteiger partial charge in [-0.05, 0) is 36.3 Å². The van der Waals surface area contributed by atoms with Crippen molar-refractivity contribution in [1.82, 2.24) is 0 Å². The third-order valence-corrected chi connectivity index (χ3v) is 4.94. The maximum Gasteiger partial charge on any atom is 0.0346 e. The van der Waals surface area contributed by atoms with Crippen molar-refractivity contribution < 1.29 is 0 Å². The lowest BCUT2D eigenvalue weighted by molar-refractivity contribution is 0.249. The van der Waals surface area contributed by atoms with Gasteiger partial charge in [-0.15, -0.1) is 0 Å². The number of benzene rings is 1. The highest BCUT2D eigenvalue weighted by Crippen LogP contribution is 2.36. The van der Waals surface area contributed by atoms with Crippen molar-refractivity contribution in [3.05, 3.63) is 29.8 Å². The Kier molecular flexibility index (Phi) is 9.27. The number of unbranched alkanes of at least 4 members (excludes halogenated alkanes) is 6. The lowest BCUT2D eigenvalue weighted by Gasteiger charge is -2.31. The van der Waals surface area contributed by atoms with E-state index < -0.39 is 0 Å². The molecule has 0 unspecified atom stereocenters. The summed E-state index contributed by atoms with van der Waals surface area (Å²) in [6.07, 6.45) is 14.7. The minimum atomic E-state index is 0.414. The molecular weight excluding hydrogens is 266 g/mol. The SMILES string of the molecule is CCCCCCC(C)(CCCCCC)Cc1ccccc1N. The molecule has 0 heterocycles. The summed E-state index contributed by atoms with van der Waals surface area (Å²) >= 11 is 0. The fourth-order valence-corrected chi connectivity index (χ4v) is 3.41. The van der Waals surface area contributed by atoms with E-state index in [9.17, 15) is 0 Å². The molecule has 0 aliphatic carbocycles. The van der Waals surface area contributed by atoms with E-state index in [-0.39, 0.29) is 0 Å². The Balaban J connectivity index is 2.61. The van der Waals surface area contributed by atoms with Crippen LogP contribution in [-0.2, 0) is 6.42 Å². The van der Waals surface area contributed by atoms with Crippen LogP contribution in [0.1, 0.15) is 90.5 Å². The summed E-state index contributed by atoms with van der Waals surface area (Å²) in [6, 6.07) is 8.43. The average Bonchev–Trinajstić information content (AvgIpc) is 2.51. The highest BCUT2D eigenvalue weighted by Gasteiger charge is 2.24. The second-order valence-electron chi connectivity index (χ2n) is 7.31. The van der Waals surface area contributed by atoms with Gasteiger partial charge in [-0.1, -0.05) is 90.3 Å². The molecule has 0 aliphatic rings. The third kappa shape index (κ3) is 7.33. The maximum atomic E-state index is 6.18. The predicted octanol–water partition coefficient (Wildman–Crippen LogP) is 6.76. The highest BCUT2D eigenvalue weighted by molar-refractivity contribution is 5.46. The fourth-order valence-electron chi connectivity index (χ4n) is 3.41. The zero-order valence-electron chi connectivity index (χ0n) is 15.2. The van der Waals surface area contributed by atoms with Crippen LogP contribution in [0, 0.1) is 5.41 Å².